The summed E-state index contributed by atoms with van der Waals surface area (Å²) >= 11 is 6.59. The van der Waals surface area contributed by atoms with Crippen molar-refractivity contribution in [1.82, 2.24) is 4.98 Å². The molecule has 34 heavy (non-hydrogen) atoms. The van der Waals surface area contributed by atoms with E-state index in [0.29, 0.717) is 45.6 Å². The van der Waals surface area contributed by atoms with Crippen LogP contribution in [0.4, 0.5) is 17.1 Å². The summed E-state index contributed by atoms with van der Waals surface area (Å²) < 4.78 is 11.8. The summed E-state index contributed by atoms with van der Waals surface area (Å²) in [5.74, 6) is 1.19. The SMILES string of the molecule is CCOc1cc2ncc(C#N)c(Nc3ccc(O[C@@H]4CCc5ccccc54)c(Cl)c3)c2cc1N. The predicted molar refractivity (Wildman–Crippen MR) is 135 cm³/mol. The average Bonchev–Trinajstić information content (AvgIpc) is 3.25. The van der Waals surface area contributed by atoms with E-state index in [1.165, 1.54) is 17.3 Å². The molecule has 170 valence electrons. The fraction of sp³-hybridized carbons (Fsp3) is 0.185. The van der Waals surface area contributed by atoms with Gasteiger partial charge in [0, 0.05) is 23.3 Å². The highest BCUT2D eigenvalue weighted by molar-refractivity contribution is 6.32. The summed E-state index contributed by atoms with van der Waals surface area (Å²) in [7, 11) is 0. The van der Waals surface area contributed by atoms with Gasteiger partial charge < -0.3 is 20.5 Å². The van der Waals surface area contributed by atoms with Crippen LogP contribution in [-0.2, 0) is 6.42 Å². The van der Waals surface area contributed by atoms with Crippen molar-refractivity contribution in [3.8, 4) is 17.6 Å². The van der Waals surface area contributed by atoms with Gasteiger partial charge in [-0.05, 0) is 55.2 Å². The van der Waals surface area contributed by atoms with Crippen LogP contribution < -0.4 is 20.5 Å². The first-order chi connectivity index (χ1) is 16.6. The van der Waals surface area contributed by atoms with E-state index in [9.17, 15) is 5.26 Å². The molecule has 4 aromatic rings. The van der Waals surface area contributed by atoms with Gasteiger partial charge in [-0.25, -0.2) is 0 Å². The molecular weight excluding hydrogens is 448 g/mol. The van der Waals surface area contributed by atoms with E-state index in [1.54, 1.807) is 18.2 Å². The second-order valence-corrected chi connectivity index (χ2v) is 8.52. The third-order valence-electron chi connectivity index (χ3n) is 5.97. The molecule has 0 saturated heterocycles. The molecular formula is C27H23ClN4O2. The highest BCUT2D eigenvalue weighted by Gasteiger charge is 2.24. The summed E-state index contributed by atoms with van der Waals surface area (Å²) in [6, 6.07) is 19.6. The smallest absolute Gasteiger partial charge is 0.144 e. The van der Waals surface area contributed by atoms with Crippen molar-refractivity contribution in [2.24, 2.45) is 0 Å². The second kappa shape index (κ2) is 9.12. The predicted octanol–water partition coefficient (Wildman–Crippen LogP) is 6.55. The first-order valence-corrected chi connectivity index (χ1v) is 11.5. The molecule has 1 aliphatic rings. The Morgan fingerprint density at radius 2 is 2.03 bits per heavy atom. The van der Waals surface area contributed by atoms with Crippen LogP contribution >= 0.6 is 11.6 Å². The molecule has 1 aliphatic carbocycles. The number of pyridine rings is 1. The number of nitriles is 1. The van der Waals surface area contributed by atoms with Gasteiger partial charge in [-0.3, -0.25) is 4.98 Å². The fourth-order valence-corrected chi connectivity index (χ4v) is 4.57. The molecule has 3 aromatic carbocycles. The molecule has 1 heterocycles. The van der Waals surface area contributed by atoms with Crippen molar-refractivity contribution in [3.63, 3.8) is 0 Å². The molecule has 1 aromatic heterocycles. The van der Waals surface area contributed by atoms with Gasteiger partial charge in [-0.2, -0.15) is 5.26 Å². The Labute approximate surface area is 202 Å². The number of nitrogens with zero attached hydrogens (tertiary/aromatic N) is 2. The number of nitrogens with one attached hydrogen (secondary N) is 1. The van der Waals surface area contributed by atoms with Crippen molar-refractivity contribution in [3.05, 3.63) is 82.5 Å². The number of rotatable bonds is 6. The number of halogens is 1. The molecule has 1 atom stereocenters. The lowest BCUT2D eigenvalue weighted by molar-refractivity contribution is 0.208. The Kier molecular flexibility index (Phi) is 5.87. The van der Waals surface area contributed by atoms with E-state index in [-0.39, 0.29) is 6.10 Å². The summed E-state index contributed by atoms with van der Waals surface area (Å²) in [4.78, 5) is 4.40. The molecule has 0 unspecified atom stereocenters. The Balaban J connectivity index is 1.44. The van der Waals surface area contributed by atoms with Gasteiger partial charge in [-0.1, -0.05) is 35.9 Å². The number of hydrogen-bond donors (Lipinski definition) is 2. The fourth-order valence-electron chi connectivity index (χ4n) is 4.35. The quantitative estimate of drug-likeness (QED) is 0.310. The number of anilines is 3. The van der Waals surface area contributed by atoms with Gasteiger partial charge >= 0.3 is 0 Å². The van der Waals surface area contributed by atoms with Gasteiger partial charge in [0.05, 0.1) is 34.1 Å². The minimum Gasteiger partial charge on any atom is -0.492 e. The van der Waals surface area contributed by atoms with E-state index < -0.39 is 0 Å². The van der Waals surface area contributed by atoms with Crippen LogP contribution in [0.3, 0.4) is 0 Å². The van der Waals surface area contributed by atoms with E-state index in [1.807, 2.05) is 25.1 Å². The lowest BCUT2D eigenvalue weighted by Crippen LogP contribution is -2.04. The highest BCUT2D eigenvalue weighted by Crippen LogP contribution is 2.39. The average molecular weight is 471 g/mol. The maximum Gasteiger partial charge on any atom is 0.144 e. The van der Waals surface area contributed by atoms with Gasteiger partial charge in [0.25, 0.3) is 0 Å². The molecule has 0 aliphatic heterocycles. The third-order valence-corrected chi connectivity index (χ3v) is 6.26. The number of nitrogen functional groups attached to an aromatic ring is 1. The monoisotopic (exact) mass is 470 g/mol. The van der Waals surface area contributed by atoms with Crippen molar-refractivity contribution < 1.29 is 9.47 Å². The maximum atomic E-state index is 9.67. The van der Waals surface area contributed by atoms with Crippen LogP contribution in [0.25, 0.3) is 10.9 Å². The van der Waals surface area contributed by atoms with Crippen LogP contribution in [0.1, 0.15) is 36.1 Å². The number of hydrogen-bond acceptors (Lipinski definition) is 6. The topological polar surface area (TPSA) is 93.2 Å². The van der Waals surface area contributed by atoms with Gasteiger partial charge in [0.15, 0.2) is 0 Å². The van der Waals surface area contributed by atoms with Gasteiger partial charge in [0.1, 0.15) is 23.7 Å². The molecule has 3 N–H and O–H groups in total. The number of fused-ring (bicyclic) bond motifs is 2. The largest absolute Gasteiger partial charge is 0.492 e. The number of aryl methyl sites for hydroxylation is 1. The van der Waals surface area contributed by atoms with E-state index in [0.717, 1.165) is 23.9 Å². The standard InChI is InChI=1S/C27H23ClN4O2/c1-2-33-26-13-23-20(12-22(26)30)27(17(14-29)15-31-23)32-18-8-10-25(21(28)11-18)34-24-9-7-16-5-3-4-6-19(16)24/h3-6,8,10-13,15,24H,2,7,9,30H2,1H3,(H,31,32)/t24-/m1/s1. The third kappa shape index (κ3) is 4.07. The molecule has 7 heteroatoms. The highest BCUT2D eigenvalue weighted by atomic mass is 35.5. The minimum atomic E-state index is -0.00986. The molecule has 0 amide bonds. The number of nitrogens with two attached hydrogens (primary N) is 1. The molecule has 0 spiro atoms. The Morgan fingerprint density at radius 3 is 2.82 bits per heavy atom. The molecule has 6 nitrogen and oxygen atoms in total. The molecule has 0 radical (unpaired) electrons. The number of aromatic nitrogens is 1. The van der Waals surface area contributed by atoms with Crippen LogP contribution in [0.15, 0.2) is 60.8 Å². The first kappa shape index (κ1) is 21.9. The molecule has 5 rings (SSSR count). The lowest BCUT2D eigenvalue weighted by Gasteiger charge is -2.18. The zero-order chi connectivity index (χ0) is 23.7. The van der Waals surface area contributed by atoms with E-state index >= 15 is 0 Å². The molecule has 0 bridgehead atoms. The van der Waals surface area contributed by atoms with Crippen LogP contribution in [0, 0.1) is 11.3 Å². The molecule has 0 saturated carbocycles. The van der Waals surface area contributed by atoms with Crippen molar-refractivity contribution in [2.45, 2.75) is 25.9 Å². The summed E-state index contributed by atoms with van der Waals surface area (Å²) in [5.41, 5.74) is 11.6. The normalized spacial score (nSPS) is 14.4. The maximum absolute atomic E-state index is 9.67. The minimum absolute atomic E-state index is 0.00986. The second-order valence-electron chi connectivity index (χ2n) is 8.11. The molecule has 0 fully saturated rings. The lowest BCUT2D eigenvalue weighted by atomic mass is 10.1. The first-order valence-electron chi connectivity index (χ1n) is 11.1. The van der Waals surface area contributed by atoms with Crippen LogP contribution in [0.2, 0.25) is 5.02 Å². The Bertz CT molecular complexity index is 1430. The number of benzene rings is 3. The number of ether oxygens (including phenoxy) is 2. The van der Waals surface area contributed by atoms with Crippen molar-refractivity contribution in [2.75, 3.05) is 17.7 Å². The summed E-state index contributed by atoms with van der Waals surface area (Å²) in [6.07, 6.45) is 3.45. The summed E-state index contributed by atoms with van der Waals surface area (Å²) in [5, 5.41) is 14.2. The van der Waals surface area contributed by atoms with Crippen molar-refractivity contribution >= 4 is 39.6 Å². The van der Waals surface area contributed by atoms with Gasteiger partial charge in [0.2, 0.25) is 0 Å². The van der Waals surface area contributed by atoms with Crippen molar-refractivity contribution in [1.29, 1.82) is 5.26 Å². The zero-order valence-electron chi connectivity index (χ0n) is 18.6. The van der Waals surface area contributed by atoms with Gasteiger partial charge in [-0.15, -0.1) is 0 Å². The summed E-state index contributed by atoms with van der Waals surface area (Å²) in [6.45, 7) is 2.39. The van der Waals surface area contributed by atoms with Crippen LogP contribution in [0.5, 0.6) is 11.5 Å². The Hall–Kier alpha value is -3.95. The zero-order valence-corrected chi connectivity index (χ0v) is 19.4. The van der Waals surface area contributed by atoms with Crippen LogP contribution in [-0.4, -0.2) is 11.6 Å². The Morgan fingerprint density at radius 1 is 1.18 bits per heavy atom. The van der Waals surface area contributed by atoms with E-state index in [2.05, 4.69) is 34.6 Å². The van der Waals surface area contributed by atoms with E-state index in [4.69, 9.17) is 26.8 Å².